The summed E-state index contributed by atoms with van der Waals surface area (Å²) >= 11 is 0. The highest BCUT2D eigenvalue weighted by atomic mass is 13.4. The van der Waals surface area contributed by atoms with Crippen LogP contribution in [0.5, 0.6) is 0 Å². The zero-order valence-corrected chi connectivity index (χ0v) is 24.8. The Hall–Kier alpha value is 2.79. The summed E-state index contributed by atoms with van der Waals surface area (Å²) in [5, 5.41) is 0. The maximum absolute atomic E-state index is 6.68. The highest BCUT2D eigenvalue weighted by molar-refractivity contribution is 8.33. The molecule has 0 fully saturated rings. The molecule has 0 unspecified atom stereocenters. The summed E-state index contributed by atoms with van der Waals surface area (Å²) in [6, 6.07) is 0. The van der Waals surface area contributed by atoms with Gasteiger partial charge < -0.3 is 15.5 Å². The molecular formula is B43-2. The van der Waals surface area contributed by atoms with Crippen molar-refractivity contribution < 1.29 is 0 Å². The predicted molar refractivity (Wildman–Crippen MR) is 247 cm³/mol. The van der Waals surface area contributed by atoms with Crippen molar-refractivity contribution in [1.82, 2.24) is 0 Å². The van der Waals surface area contributed by atoms with Crippen molar-refractivity contribution in [2.75, 3.05) is 0 Å². The average Bonchev–Trinajstić information content (AvgIpc) is 2.80. The van der Waals surface area contributed by atoms with Crippen LogP contribution >= 0.6 is 0 Å². The molecule has 43 heavy (non-hydrogen) atoms. The minimum absolute atomic E-state index is 1.04. The second-order valence-corrected chi connectivity index (χ2v) is 11.7. The second-order valence-electron chi connectivity index (χ2n) is 11.7. The fraction of sp³-hybridized carbons (Fsp3) is 0. The van der Waals surface area contributed by atoms with Crippen LogP contribution < -0.4 is 0 Å². The third-order valence-corrected chi connectivity index (χ3v) is 8.67. The van der Waals surface area contributed by atoms with Gasteiger partial charge in [-0.2, -0.15) is 0 Å². The fourth-order valence-corrected chi connectivity index (χ4v) is 7.06. The van der Waals surface area contributed by atoms with Gasteiger partial charge >= 0.3 is 0 Å². The Balaban J connectivity index is 8.72. The second kappa shape index (κ2) is 21.1. The van der Waals surface area contributed by atoms with E-state index in [1.165, 1.54) is 7.06 Å². The third kappa shape index (κ3) is 12.6. The van der Waals surface area contributed by atoms with Crippen LogP contribution in [0.25, 0.3) is 0 Å². The molecule has 0 bridgehead atoms. The van der Waals surface area contributed by atoms with Crippen molar-refractivity contribution in [2.45, 2.75) is 0 Å². The van der Waals surface area contributed by atoms with E-state index in [0.29, 0.717) is 0 Å². The molecule has 0 amide bonds. The zero-order chi connectivity index (χ0) is 34.3. The van der Waals surface area contributed by atoms with Crippen LogP contribution in [0.3, 0.4) is 0 Å². The van der Waals surface area contributed by atoms with Crippen LogP contribution in [-0.4, -0.2) is 305 Å². The highest BCUT2D eigenvalue weighted by Gasteiger charge is 2.57. The van der Waals surface area contributed by atoms with Crippen molar-refractivity contribution in [3.05, 3.63) is 0 Å². The smallest absolute Gasteiger partial charge is 0.000000000000171 e. The molecule has 0 aromatic carbocycles. The molecule has 0 aromatic heterocycles. The monoisotopic (exact) mass is 473 g/mol. The van der Waals surface area contributed by atoms with Gasteiger partial charge in [-0.05, 0) is 276 Å². The van der Waals surface area contributed by atoms with Gasteiger partial charge in [-0.3, -0.25) is 7.06 Å². The third-order valence-electron chi connectivity index (χ3n) is 8.67. The molecule has 0 spiro atoms. The van der Waals surface area contributed by atoms with E-state index in [0.717, 1.165) is 0 Å². The van der Waals surface area contributed by atoms with Gasteiger partial charge in [0.15, 0.2) is 0 Å². The van der Waals surface area contributed by atoms with Crippen molar-refractivity contribution in [1.29, 1.82) is 0 Å². The molecule has 0 heterocycles. The largest absolute Gasteiger partial charge is 0.690 e. The van der Waals surface area contributed by atoms with Gasteiger partial charge in [-0.25, -0.2) is 6.39 Å². The molecule has 0 saturated heterocycles. The topological polar surface area (TPSA) is 0 Å². The van der Waals surface area contributed by atoms with E-state index in [9.17, 15) is 0 Å². The Labute approximate surface area is 302 Å². The quantitative estimate of drug-likeness (QED) is 0.157. The lowest BCUT2D eigenvalue weighted by atomic mass is 8.26. The van der Waals surface area contributed by atoms with E-state index < -0.39 is 128 Å². The van der Waals surface area contributed by atoms with E-state index in [1.807, 2.05) is 0 Å². The van der Waals surface area contributed by atoms with E-state index in [-0.39, 0.29) is 0 Å². The molecule has 0 rings (SSSR count). The molecule has 131 valence electrons. The highest BCUT2D eigenvalue weighted by Crippen LogP contribution is 2.19. The van der Waals surface area contributed by atoms with Gasteiger partial charge in [0.05, 0.1) is 0 Å². The Morgan fingerprint density at radius 1 is 0.279 bits per heavy atom. The van der Waals surface area contributed by atoms with Crippen LogP contribution in [0.2, 0.25) is 0 Å². The summed E-state index contributed by atoms with van der Waals surface area (Å²) < 4.78 is 0. The van der Waals surface area contributed by atoms with E-state index in [4.69, 9.17) is 170 Å². The normalized spacial score (nSPS) is 9.63. The van der Waals surface area contributed by atoms with Gasteiger partial charge in [0.1, 0.15) is 0 Å². The van der Waals surface area contributed by atoms with Gasteiger partial charge in [-0.1, -0.05) is 0 Å². The molecule has 0 aliphatic heterocycles. The van der Waals surface area contributed by atoms with Crippen molar-refractivity contribution >= 4 is 305 Å². The van der Waals surface area contributed by atoms with Gasteiger partial charge in [0, 0.05) is 0 Å². The minimum Gasteiger partial charge on any atom is -0.690 e. The first-order valence-electron chi connectivity index (χ1n) is 14.0. The molecule has 0 atom stereocenters. The molecule has 0 aliphatic carbocycles. The van der Waals surface area contributed by atoms with Crippen LogP contribution in [-0.2, 0) is 0 Å². The predicted octanol–water partition coefficient (Wildman–Crippen LogP) is -16.4. The maximum Gasteiger partial charge on any atom is -0.000000000000171 e. The average molecular weight is 465 g/mol. The van der Waals surface area contributed by atoms with E-state index in [2.05, 4.69) is 0 Å². The van der Waals surface area contributed by atoms with Crippen LogP contribution in [0, 0.1) is 0 Å². The van der Waals surface area contributed by atoms with Gasteiger partial charge in [0.25, 0.3) is 0 Å². The summed E-state index contributed by atoms with van der Waals surface area (Å²) in [5.41, 5.74) is 0. The first-order valence-corrected chi connectivity index (χ1v) is 14.0. The molecule has 47 radical (unpaired) electrons. The first kappa shape index (κ1) is 45.8. The van der Waals surface area contributed by atoms with E-state index in [1.54, 1.807) is 0 Å². The molecule has 0 N–H and O–H groups in total. The zero-order valence-electron chi connectivity index (χ0n) is 24.8. The summed E-state index contributed by atoms with van der Waals surface area (Å²) in [5.74, 6) is 0. The fourth-order valence-electron chi connectivity index (χ4n) is 7.06. The summed E-state index contributed by atoms with van der Waals surface area (Å²) in [4.78, 5) is 0. The van der Waals surface area contributed by atoms with Crippen LogP contribution in [0.1, 0.15) is 0 Å². The van der Waals surface area contributed by atoms with Crippen LogP contribution in [0.15, 0.2) is 0 Å². The van der Waals surface area contributed by atoms with Crippen LogP contribution in [0.4, 0.5) is 0 Å². The SMILES string of the molecule is [B]B([B])B(B([B])[B])B(B(B([B])[B])B([B])[B])B(B(B([B])[B][B-])B(B([B])[B])B([B])[B-])B(B(B([B])[B])B([B])[B])B(B([B])[B])B([B])[B]. The Bertz CT molecular complexity index is 580. The maximum atomic E-state index is 6.68. The minimum atomic E-state index is -1.24. The standard InChI is InChI=1S/B43/c1-23-34(22)40(35(24(2)3)25(4)5)43(41(36(26(6)7)27(8)9)37(28(10)11)29(12)13)42(38(30(14)15)31(16)17)39(32(18)19)33(20)21/q-2. The van der Waals surface area contributed by atoms with Gasteiger partial charge in [-0.15, -0.1) is 0 Å². The molecule has 43 heteroatoms. The molecular weight excluding hydrogens is 465 g/mol. The van der Waals surface area contributed by atoms with E-state index >= 15 is 0 Å². The van der Waals surface area contributed by atoms with Crippen molar-refractivity contribution in [2.24, 2.45) is 0 Å². The van der Waals surface area contributed by atoms with Crippen molar-refractivity contribution in [3.63, 3.8) is 0 Å². The lowest BCUT2D eigenvalue weighted by Gasteiger charge is -2.57. The molecule has 0 saturated carbocycles. The number of rotatable bonds is 20. The molecule has 0 nitrogen and oxygen atoms in total. The Morgan fingerprint density at radius 2 is 0.465 bits per heavy atom. The number of hydrogen-bond donors (Lipinski definition) is 0. The molecule has 0 aromatic rings. The summed E-state index contributed by atoms with van der Waals surface area (Å²) in [7, 11) is 140. The lowest BCUT2D eigenvalue weighted by molar-refractivity contribution is 3.21. The van der Waals surface area contributed by atoms with Crippen molar-refractivity contribution in [3.8, 4) is 0 Å². The Kier molecular flexibility index (Phi) is 22.5. The molecule has 0 aliphatic rings. The first-order chi connectivity index (χ1) is 19.6. The summed E-state index contributed by atoms with van der Waals surface area (Å²) in [6.07, 6.45) is -23.1. The number of hydrogen-bond acceptors (Lipinski definition) is 0. The Morgan fingerprint density at radius 3 is 0.605 bits per heavy atom. The summed E-state index contributed by atoms with van der Waals surface area (Å²) in [6.45, 7) is 0. The lowest BCUT2D eigenvalue weighted by Crippen LogP contribution is -2.93. The van der Waals surface area contributed by atoms with Gasteiger partial charge in [0.2, 0.25) is 0 Å².